The van der Waals surface area contributed by atoms with E-state index in [-0.39, 0.29) is 17.1 Å². The zero-order valence-electron chi connectivity index (χ0n) is 6.11. The van der Waals surface area contributed by atoms with E-state index in [1.807, 2.05) is 6.79 Å². The third kappa shape index (κ3) is 96.3. The van der Waals surface area contributed by atoms with Gasteiger partial charge in [-0.2, -0.15) is 0 Å². The Morgan fingerprint density at radius 2 is 1.40 bits per heavy atom. The molecule has 2 nitrogen and oxygen atoms in total. The summed E-state index contributed by atoms with van der Waals surface area (Å²) in [5.74, 6) is 0. The predicted octanol–water partition coefficient (Wildman–Crippen LogP) is 1.19. The van der Waals surface area contributed by atoms with E-state index < -0.39 is 0 Å². The van der Waals surface area contributed by atoms with E-state index in [0.717, 1.165) is 5.66 Å². The minimum atomic E-state index is 0. The molecule has 0 aromatic rings. The molecule has 0 heterocycles. The Labute approximate surface area is 74.7 Å². The maximum Gasteiger partial charge on any atom is 0.281 e. The Balaban J connectivity index is -0.0000000315. The summed E-state index contributed by atoms with van der Waals surface area (Å²) in [5.41, 5.74) is 0.745. The van der Waals surface area contributed by atoms with Crippen LogP contribution in [0.4, 0.5) is 0 Å². The Morgan fingerprint density at radius 1 is 1.30 bits per heavy atom. The van der Waals surface area contributed by atoms with Crippen LogP contribution >= 0.6 is 8.20 Å². The Hall–Kier alpha value is 0.0295. The second-order valence-electron chi connectivity index (χ2n) is 1.28. The average Bonchev–Trinajstić information content (AvgIpc) is 1.97. The van der Waals surface area contributed by atoms with Crippen LogP contribution in [0.2, 0.25) is 0 Å². The third-order valence-electron chi connectivity index (χ3n) is 0.365. The zero-order chi connectivity index (χ0) is 8.28. The van der Waals surface area contributed by atoms with Crippen LogP contribution in [0.25, 0.3) is 0 Å². The van der Waals surface area contributed by atoms with Crippen LogP contribution < -0.4 is 0 Å². The van der Waals surface area contributed by atoms with Gasteiger partial charge in [-0.1, -0.05) is 20.1 Å². The molecule has 0 aliphatic carbocycles. The van der Waals surface area contributed by atoms with Crippen LogP contribution in [-0.2, 0) is 26.7 Å². The van der Waals surface area contributed by atoms with Gasteiger partial charge in [-0.3, -0.25) is 4.79 Å². The minimum Gasteiger partial charge on any atom is -0.307 e. The molecule has 0 N–H and O–H groups in total. The predicted molar refractivity (Wildman–Crippen MR) is 42.0 cm³/mol. The number of carbonyl (C=O) groups excluding carboxylic acids is 2. The summed E-state index contributed by atoms with van der Waals surface area (Å²) in [4.78, 5) is 15.5. The first-order chi connectivity index (χ1) is 4.27. The summed E-state index contributed by atoms with van der Waals surface area (Å²) >= 11 is 0. The van der Waals surface area contributed by atoms with E-state index in [0.29, 0.717) is 0 Å². The van der Waals surface area contributed by atoms with Crippen LogP contribution in [0, 0.1) is 0 Å². The van der Waals surface area contributed by atoms with Crippen molar-refractivity contribution >= 4 is 28.1 Å². The molecule has 4 heteroatoms. The molecule has 0 saturated carbocycles. The molecule has 0 aliphatic heterocycles. The van der Waals surface area contributed by atoms with Gasteiger partial charge in [-0.25, -0.2) is 0 Å². The molecule has 0 rings (SSSR count). The molecule has 0 bridgehead atoms. The van der Waals surface area contributed by atoms with Gasteiger partial charge in [0.25, 0.3) is 6.79 Å². The summed E-state index contributed by atoms with van der Waals surface area (Å²) in [6.07, 6.45) is 3.66. The molecule has 0 aromatic carbocycles. The van der Waals surface area contributed by atoms with Crippen molar-refractivity contribution in [1.82, 2.24) is 0 Å². The topological polar surface area (TPSA) is 34.1 Å². The van der Waals surface area contributed by atoms with E-state index in [9.17, 15) is 0 Å². The Bertz CT molecular complexity index is 57.7. The van der Waals surface area contributed by atoms with Gasteiger partial charge in [0.2, 0.25) is 0 Å². The SMILES string of the molecule is C=O.C=PC(C)C.[C]=O.[Fe]. The van der Waals surface area contributed by atoms with Crippen molar-refractivity contribution in [2.75, 3.05) is 0 Å². The van der Waals surface area contributed by atoms with Gasteiger partial charge in [0, 0.05) is 17.1 Å². The van der Waals surface area contributed by atoms with Crippen molar-refractivity contribution in [3.63, 3.8) is 0 Å². The molecular formula is C6H11FeO2P. The normalized spacial score (nSPS) is 5.90. The zero-order valence-corrected chi connectivity index (χ0v) is 8.11. The molecule has 0 unspecified atom stereocenters. The van der Waals surface area contributed by atoms with Crippen molar-refractivity contribution in [2.24, 2.45) is 0 Å². The second kappa shape index (κ2) is 35.9. The summed E-state index contributed by atoms with van der Waals surface area (Å²) in [5, 5.41) is 0. The van der Waals surface area contributed by atoms with Gasteiger partial charge < -0.3 is 4.79 Å². The molecular weight excluding hydrogens is 191 g/mol. The van der Waals surface area contributed by atoms with Crippen LogP contribution in [-0.4, -0.2) is 25.5 Å². The van der Waals surface area contributed by atoms with E-state index in [2.05, 4.69) is 26.9 Å². The van der Waals surface area contributed by atoms with E-state index >= 15 is 0 Å². The molecule has 0 saturated heterocycles. The number of hydrogen-bond donors (Lipinski definition) is 0. The van der Waals surface area contributed by atoms with Crippen molar-refractivity contribution in [3.8, 4) is 0 Å². The minimum absolute atomic E-state index is 0. The number of carbonyl (C=O) groups is 1. The maximum atomic E-state index is 8.00. The fraction of sp³-hybridized carbons (Fsp3) is 0.500. The van der Waals surface area contributed by atoms with Gasteiger partial charge in [-0.15, -0.1) is 8.20 Å². The first-order valence-electron chi connectivity index (χ1n) is 2.22. The summed E-state index contributed by atoms with van der Waals surface area (Å²) < 4.78 is 0. The van der Waals surface area contributed by atoms with Crippen LogP contribution in [0.3, 0.4) is 0 Å². The van der Waals surface area contributed by atoms with Crippen molar-refractivity contribution in [1.29, 1.82) is 0 Å². The molecule has 0 amide bonds. The monoisotopic (exact) mass is 202 g/mol. The molecule has 60 valence electrons. The number of rotatable bonds is 1. The van der Waals surface area contributed by atoms with Crippen molar-refractivity contribution in [2.45, 2.75) is 19.5 Å². The van der Waals surface area contributed by atoms with Crippen LogP contribution in [0.15, 0.2) is 0 Å². The molecule has 0 aliphatic rings. The van der Waals surface area contributed by atoms with E-state index in [4.69, 9.17) is 9.59 Å². The summed E-state index contributed by atoms with van der Waals surface area (Å²) in [6.45, 7) is 10.8. The van der Waals surface area contributed by atoms with E-state index in [1.165, 1.54) is 8.20 Å². The first-order valence-corrected chi connectivity index (χ1v) is 3.37. The smallest absolute Gasteiger partial charge is 0.281 e. The van der Waals surface area contributed by atoms with Crippen LogP contribution in [0.1, 0.15) is 13.8 Å². The van der Waals surface area contributed by atoms with Crippen molar-refractivity contribution in [3.05, 3.63) is 0 Å². The molecule has 0 spiro atoms. The summed E-state index contributed by atoms with van der Waals surface area (Å²) in [7, 11) is 1.25. The van der Waals surface area contributed by atoms with Crippen molar-refractivity contribution < 1.29 is 26.7 Å². The third-order valence-corrected chi connectivity index (χ3v) is 1.10. The quantitative estimate of drug-likeness (QED) is 0.472. The Morgan fingerprint density at radius 3 is 1.40 bits per heavy atom. The average molecular weight is 202 g/mol. The Kier molecular flexibility index (Phi) is 80.6. The van der Waals surface area contributed by atoms with Gasteiger partial charge in [0.15, 0.2) is 0 Å². The molecule has 0 atom stereocenters. The summed E-state index contributed by atoms with van der Waals surface area (Å²) in [6, 6.07) is 0. The first kappa shape index (κ1) is 22.5. The van der Waals surface area contributed by atoms with Gasteiger partial charge in [0.1, 0.15) is 6.79 Å². The maximum absolute atomic E-state index is 8.00. The molecule has 0 aromatic heterocycles. The molecule has 0 fully saturated rings. The van der Waals surface area contributed by atoms with Gasteiger partial charge >= 0.3 is 0 Å². The number of hydrogen-bond acceptors (Lipinski definition) is 2. The largest absolute Gasteiger partial charge is 0.307 e. The second-order valence-corrected chi connectivity index (χ2v) is 2.67. The van der Waals surface area contributed by atoms with Crippen LogP contribution in [0.5, 0.6) is 0 Å². The fourth-order valence-corrected chi connectivity index (χ4v) is 0. The standard InChI is InChI=1S/C4H9P.CH2O.CO.Fe/c1-4(2)5-3;2*1-2;/h4H,3H2,1-2H3;1H2;;. The van der Waals surface area contributed by atoms with E-state index in [1.54, 1.807) is 0 Å². The fourth-order valence-electron chi connectivity index (χ4n) is 0. The van der Waals surface area contributed by atoms with Gasteiger partial charge in [-0.05, 0) is 5.66 Å². The molecule has 2 radical (unpaired) electrons. The van der Waals surface area contributed by atoms with Gasteiger partial charge in [0.05, 0.1) is 0 Å². The molecule has 10 heavy (non-hydrogen) atoms.